The van der Waals surface area contributed by atoms with Crippen molar-refractivity contribution in [3.63, 3.8) is 0 Å². The van der Waals surface area contributed by atoms with Crippen LogP contribution in [-0.2, 0) is 29.0 Å². The van der Waals surface area contributed by atoms with E-state index < -0.39 is 5.91 Å². The lowest BCUT2D eigenvalue weighted by Crippen LogP contribution is -2.37. The Morgan fingerprint density at radius 3 is 2.79 bits per heavy atom. The first-order valence-electron chi connectivity index (χ1n) is 9.33. The number of halogens is 1. The Labute approximate surface area is 179 Å². The predicted octanol–water partition coefficient (Wildman–Crippen LogP) is 2.85. The van der Waals surface area contributed by atoms with E-state index in [0.717, 1.165) is 40.5 Å². The summed E-state index contributed by atoms with van der Waals surface area (Å²) < 4.78 is 2.06. The fraction of sp³-hybridized carbons (Fsp3) is 0.300. The molecule has 2 N–H and O–H groups in total. The summed E-state index contributed by atoms with van der Waals surface area (Å²) in [4.78, 5) is 43.6. The molecule has 2 aromatic heterocycles. The predicted molar refractivity (Wildman–Crippen MR) is 116 cm³/mol. The SMILES string of the molecule is O=C(Cn1cnc2sc3c(c2c1=O)CCCC3)NCC(=O)Nc1ccccc1Br. The molecule has 2 heterocycles. The number of fused-ring (bicyclic) bond motifs is 3. The number of aryl methyl sites for hydroxylation is 2. The number of rotatable bonds is 5. The molecule has 9 heteroatoms. The van der Waals surface area contributed by atoms with Crippen LogP contribution in [0.2, 0.25) is 0 Å². The lowest BCUT2D eigenvalue weighted by Gasteiger charge is -2.11. The van der Waals surface area contributed by atoms with Crippen LogP contribution in [0.15, 0.2) is 39.9 Å². The van der Waals surface area contributed by atoms with Gasteiger partial charge in [0.05, 0.1) is 23.9 Å². The highest BCUT2D eigenvalue weighted by molar-refractivity contribution is 9.10. The van der Waals surface area contributed by atoms with Gasteiger partial charge in [-0.25, -0.2) is 4.98 Å². The number of carbonyl (C=O) groups is 2. The molecule has 1 aromatic carbocycles. The molecule has 0 radical (unpaired) electrons. The third kappa shape index (κ3) is 4.25. The van der Waals surface area contributed by atoms with Gasteiger partial charge in [-0.2, -0.15) is 0 Å². The van der Waals surface area contributed by atoms with E-state index in [9.17, 15) is 14.4 Å². The molecule has 1 aliphatic carbocycles. The van der Waals surface area contributed by atoms with Crippen molar-refractivity contribution >= 4 is 55.0 Å². The maximum atomic E-state index is 12.9. The van der Waals surface area contributed by atoms with Crippen LogP contribution in [0.5, 0.6) is 0 Å². The first-order valence-corrected chi connectivity index (χ1v) is 10.9. The molecule has 0 saturated carbocycles. The van der Waals surface area contributed by atoms with Crippen LogP contribution >= 0.6 is 27.3 Å². The molecule has 1 aliphatic rings. The van der Waals surface area contributed by atoms with Crippen molar-refractivity contribution in [2.75, 3.05) is 11.9 Å². The van der Waals surface area contributed by atoms with Gasteiger partial charge in [0.15, 0.2) is 0 Å². The Balaban J connectivity index is 1.41. The second kappa shape index (κ2) is 8.46. The van der Waals surface area contributed by atoms with Crippen LogP contribution in [-0.4, -0.2) is 27.9 Å². The van der Waals surface area contributed by atoms with Gasteiger partial charge in [0.1, 0.15) is 11.4 Å². The van der Waals surface area contributed by atoms with Crippen LogP contribution in [0.3, 0.4) is 0 Å². The van der Waals surface area contributed by atoms with Crippen LogP contribution in [0.25, 0.3) is 10.2 Å². The van der Waals surface area contributed by atoms with Gasteiger partial charge in [0.25, 0.3) is 5.56 Å². The van der Waals surface area contributed by atoms with Crippen molar-refractivity contribution in [3.8, 4) is 0 Å². The fourth-order valence-electron chi connectivity index (χ4n) is 3.44. The molecule has 0 fully saturated rings. The maximum absolute atomic E-state index is 12.9. The highest BCUT2D eigenvalue weighted by Gasteiger charge is 2.20. The van der Waals surface area contributed by atoms with E-state index >= 15 is 0 Å². The van der Waals surface area contributed by atoms with Gasteiger partial charge in [0.2, 0.25) is 11.8 Å². The molecule has 0 aliphatic heterocycles. The second-order valence-corrected chi connectivity index (χ2v) is 8.81. The summed E-state index contributed by atoms with van der Waals surface area (Å²) in [6, 6.07) is 7.21. The van der Waals surface area contributed by atoms with Crippen molar-refractivity contribution in [1.29, 1.82) is 0 Å². The average molecular weight is 475 g/mol. The van der Waals surface area contributed by atoms with Gasteiger partial charge < -0.3 is 10.6 Å². The van der Waals surface area contributed by atoms with Gasteiger partial charge in [-0.3, -0.25) is 19.0 Å². The molecule has 150 valence electrons. The maximum Gasteiger partial charge on any atom is 0.262 e. The number of amides is 2. The number of hydrogen-bond donors (Lipinski definition) is 2. The third-order valence-corrected chi connectivity index (χ3v) is 6.74. The van der Waals surface area contributed by atoms with Gasteiger partial charge in [0, 0.05) is 9.35 Å². The average Bonchev–Trinajstić information content (AvgIpc) is 3.10. The van der Waals surface area contributed by atoms with E-state index in [0.29, 0.717) is 11.1 Å². The van der Waals surface area contributed by atoms with E-state index in [2.05, 4.69) is 31.5 Å². The summed E-state index contributed by atoms with van der Waals surface area (Å²) in [5.41, 5.74) is 1.53. The number of carbonyl (C=O) groups excluding carboxylic acids is 2. The Bertz CT molecular complexity index is 1150. The highest BCUT2D eigenvalue weighted by atomic mass is 79.9. The Hall–Kier alpha value is -2.52. The zero-order valence-corrected chi connectivity index (χ0v) is 17.9. The number of nitrogens with zero attached hydrogens (tertiary/aromatic N) is 2. The minimum Gasteiger partial charge on any atom is -0.345 e. The first kappa shape index (κ1) is 19.8. The molecule has 2 amide bonds. The minimum atomic E-state index is -0.417. The number of aromatic nitrogens is 2. The van der Waals surface area contributed by atoms with Crippen LogP contribution in [0.4, 0.5) is 5.69 Å². The normalized spacial score (nSPS) is 13.1. The van der Waals surface area contributed by atoms with Crippen molar-refractivity contribution in [2.24, 2.45) is 0 Å². The molecular formula is C20H19BrN4O3S. The van der Waals surface area contributed by atoms with Gasteiger partial charge in [-0.1, -0.05) is 12.1 Å². The lowest BCUT2D eigenvalue weighted by atomic mass is 9.97. The second-order valence-electron chi connectivity index (χ2n) is 6.87. The molecule has 7 nitrogen and oxygen atoms in total. The van der Waals surface area contributed by atoms with Gasteiger partial charge in [-0.15, -0.1) is 11.3 Å². The molecule has 0 unspecified atom stereocenters. The van der Waals surface area contributed by atoms with E-state index in [1.807, 2.05) is 12.1 Å². The third-order valence-electron chi connectivity index (χ3n) is 4.85. The number of hydrogen-bond acceptors (Lipinski definition) is 5. The van der Waals surface area contributed by atoms with Gasteiger partial charge >= 0.3 is 0 Å². The number of benzene rings is 1. The monoisotopic (exact) mass is 474 g/mol. The van der Waals surface area contributed by atoms with Crippen molar-refractivity contribution in [2.45, 2.75) is 32.2 Å². The summed E-state index contributed by atoms with van der Waals surface area (Å²) in [5.74, 6) is -0.766. The molecule has 4 rings (SSSR count). The minimum absolute atomic E-state index is 0.172. The summed E-state index contributed by atoms with van der Waals surface area (Å²) >= 11 is 4.93. The molecule has 0 saturated heterocycles. The van der Waals surface area contributed by atoms with Crippen LogP contribution in [0, 0.1) is 0 Å². The number of anilines is 1. The topological polar surface area (TPSA) is 93.1 Å². The lowest BCUT2D eigenvalue weighted by molar-refractivity contribution is -0.124. The Morgan fingerprint density at radius 1 is 1.17 bits per heavy atom. The van der Waals surface area contributed by atoms with Crippen molar-refractivity contribution in [3.05, 3.63) is 55.9 Å². The molecule has 29 heavy (non-hydrogen) atoms. The van der Waals surface area contributed by atoms with E-state index in [1.54, 1.807) is 23.5 Å². The van der Waals surface area contributed by atoms with Crippen LogP contribution < -0.4 is 16.2 Å². The molecular weight excluding hydrogens is 456 g/mol. The van der Waals surface area contributed by atoms with E-state index in [4.69, 9.17) is 0 Å². The standard InChI is InChI=1S/C20H19BrN4O3S/c21-13-6-2-3-7-14(13)24-16(26)9-22-17(27)10-25-11-23-19-18(20(25)28)12-5-1-4-8-15(12)29-19/h2-3,6-7,11H,1,4-5,8-10H2,(H,22,27)(H,24,26). The quantitative estimate of drug-likeness (QED) is 0.594. The number of thiophene rings is 1. The Kier molecular flexibility index (Phi) is 5.77. The molecule has 3 aromatic rings. The van der Waals surface area contributed by atoms with E-state index in [1.165, 1.54) is 15.8 Å². The van der Waals surface area contributed by atoms with Crippen molar-refractivity contribution in [1.82, 2.24) is 14.9 Å². The number of para-hydroxylation sites is 1. The molecule has 0 atom stereocenters. The van der Waals surface area contributed by atoms with E-state index in [-0.39, 0.29) is 24.6 Å². The zero-order valence-electron chi connectivity index (χ0n) is 15.5. The summed E-state index contributed by atoms with van der Waals surface area (Å²) in [6.07, 6.45) is 5.49. The smallest absolute Gasteiger partial charge is 0.262 e. The molecule has 0 bridgehead atoms. The number of nitrogens with one attached hydrogen (secondary N) is 2. The zero-order chi connectivity index (χ0) is 20.4. The Morgan fingerprint density at radius 2 is 1.97 bits per heavy atom. The summed E-state index contributed by atoms with van der Waals surface area (Å²) in [5, 5.41) is 5.91. The van der Waals surface area contributed by atoms with Gasteiger partial charge in [-0.05, 0) is 59.3 Å². The van der Waals surface area contributed by atoms with Crippen LogP contribution in [0.1, 0.15) is 23.3 Å². The first-order chi connectivity index (χ1) is 14.0. The largest absolute Gasteiger partial charge is 0.345 e. The van der Waals surface area contributed by atoms with Crippen molar-refractivity contribution < 1.29 is 9.59 Å². The summed E-state index contributed by atoms with van der Waals surface area (Å²) in [7, 11) is 0. The summed E-state index contributed by atoms with van der Waals surface area (Å²) in [6.45, 7) is -0.354. The molecule has 0 spiro atoms. The highest BCUT2D eigenvalue weighted by Crippen LogP contribution is 2.33. The fourth-order valence-corrected chi connectivity index (χ4v) is 5.04.